The Morgan fingerprint density at radius 1 is 0.556 bits per heavy atom. The summed E-state index contributed by atoms with van der Waals surface area (Å²) in [6.45, 7) is 8.06. The van der Waals surface area contributed by atoms with Gasteiger partial charge in [0.25, 0.3) is 17.7 Å². The first kappa shape index (κ1) is 55.1. The average Bonchev–Trinajstić information content (AvgIpc) is 4.19. The van der Waals surface area contributed by atoms with E-state index in [1.165, 1.54) is 5.56 Å². The SMILES string of the molecule is O=C1CCC(N2Cc3cc(N4CC(CO)C4)ccc3C2=O)C(=O)N1.O=C1CCC(N2Cc3cc(N4CC(COCc5ccccc5)C4)ccc3C2=O)C(=O)N1.O=CC1CN(c2ccc3c(c2)CN(C2CCC(=O)NC2=O)C3=O)C1.[2H]CP. The molecular weight excluding hydrogens is 1060 g/mol. The maximum Gasteiger partial charge on any atom is 0.255 e. The number of fused-ring (bicyclic) bond motifs is 3. The molecule has 9 aliphatic heterocycles. The van der Waals surface area contributed by atoms with E-state index in [-0.39, 0.29) is 79.0 Å². The van der Waals surface area contributed by atoms with Crippen LogP contribution in [0.4, 0.5) is 17.1 Å². The molecule has 22 heteroatoms. The van der Waals surface area contributed by atoms with Crippen LogP contribution in [0.15, 0.2) is 84.9 Å². The lowest BCUT2D eigenvalue weighted by Crippen LogP contribution is -2.52. The molecule has 4 unspecified atom stereocenters. The van der Waals surface area contributed by atoms with Crippen LogP contribution in [0.5, 0.6) is 0 Å². The molecule has 4 aromatic carbocycles. The van der Waals surface area contributed by atoms with Crippen molar-refractivity contribution in [3.63, 3.8) is 0 Å². The second-order valence-corrected chi connectivity index (χ2v) is 21.8. The Morgan fingerprint density at radius 2 is 0.926 bits per heavy atom. The van der Waals surface area contributed by atoms with E-state index in [0.29, 0.717) is 93.8 Å². The molecule has 0 aromatic heterocycles. The number of aliphatic hydroxyl groups excluding tert-OH is 1. The average molecular weight is 1130 g/mol. The van der Waals surface area contributed by atoms with Crippen molar-refractivity contribution in [2.45, 2.75) is 82.9 Å². The second kappa shape index (κ2) is 24.5. The van der Waals surface area contributed by atoms with E-state index in [4.69, 9.17) is 11.2 Å². The third-order valence-corrected chi connectivity index (χ3v) is 16.4. The number of aldehydes is 1. The van der Waals surface area contributed by atoms with Crippen LogP contribution in [0, 0.1) is 17.8 Å². The van der Waals surface area contributed by atoms with Gasteiger partial charge in [0.1, 0.15) is 24.4 Å². The van der Waals surface area contributed by atoms with Gasteiger partial charge in [0.05, 0.1) is 13.2 Å². The standard InChI is InChI=1S/C24H25N3O4.C17H19N3O4.C17H17N3O4.CH5P/c28-22-9-8-21(23(29)25-22)27-13-18-10-19(6-7-20(18)24(27)30)26-11-17(12-26)15-31-14-16-4-2-1-3-5-16;2*21-9-10-6-19(7-10)12-1-2-13-11(5-12)8-20(17(13)24)14-3-4-15(22)18-16(14)23;1-2/h1-7,10,17,21H,8-9,11-15H2,(H,25,28,29);1-2,5,10,14,21H,3-4,6-9H2,(H,18,22,23);1-2,5,9-10,14H,3-4,6-8H2,(H,18,22,23);2H2,1H3/i;;;1D. The van der Waals surface area contributed by atoms with Gasteiger partial charge in [-0.05, 0) is 96.1 Å². The van der Waals surface area contributed by atoms with E-state index in [9.17, 15) is 47.9 Å². The third kappa shape index (κ3) is 12.0. The summed E-state index contributed by atoms with van der Waals surface area (Å²) in [6.07, 6.45) is 2.88. The second-order valence-electron chi connectivity index (χ2n) is 21.8. The smallest absolute Gasteiger partial charge is 0.255 e. The number of nitrogens with zero attached hydrogens (tertiary/aromatic N) is 6. The molecule has 81 heavy (non-hydrogen) atoms. The molecule has 0 aliphatic carbocycles. The number of anilines is 3. The molecular formula is C59H66N9O12P. The van der Waals surface area contributed by atoms with Crippen molar-refractivity contribution >= 4 is 85.8 Å². The van der Waals surface area contributed by atoms with Gasteiger partial charge in [0, 0.05) is 138 Å². The van der Waals surface area contributed by atoms with Gasteiger partial charge in [0.15, 0.2) is 0 Å². The topological polar surface area (TPSA) is 256 Å². The van der Waals surface area contributed by atoms with Crippen molar-refractivity contribution in [2.75, 3.05) is 73.8 Å². The highest BCUT2D eigenvalue weighted by molar-refractivity contribution is 7.15. The molecule has 0 bridgehead atoms. The number of benzene rings is 4. The van der Waals surface area contributed by atoms with Gasteiger partial charge in [-0.15, -0.1) is 9.24 Å². The first-order valence-electron chi connectivity index (χ1n) is 28.1. The minimum Gasteiger partial charge on any atom is -0.396 e. The molecule has 21 nitrogen and oxygen atoms in total. The molecule has 0 radical (unpaired) electrons. The fourth-order valence-corrected chi connectivity index (χ4v) is 11.8. The van der Waals surface area contributed by atoms with E-state index in [2.05, 4.69) is 58.1 Å². The Balaban J connectivity index is 0.000000136. The quantitative estimate of drug-likeness (QED) is 0.0904. The molecule has 9 aliphatic rings. The number of carbonyl (C=O) groups excluding carboxylic acids is 10. The van der Waals surface area contributed by atoms with Crippen LogP contribution in [-0.2, 0) is 64.5 Å². The van der Waals surface area contributed by atoms with Crippen molar-refractivity contribution in [3.8, 4) is 0 Å². The van der Waals surface area contributed by atoms with Crippen molar-refractivity contribution in [2.24, 2.45) is 17.8 Å². The summed E-state index contributed by atoms with van der Waals surface area (Å²) in [5.74, 6) is -1.55. The number of aliphatic hydroxyl groups is 1. The molecule has 9 amide bonds. The molecule has 6 fully saturated rings. The van der Waals surface area contributed by atoms with E-state index in [1.54, 1.807) is 20.8 Å². The fraction of sp³-hybridized carbons (Fsp3) is 0.424. The van der Waals surface area contributed by atoms with Crippen LogP contribution >= 0.6 is 9.24 Å². The van der Waals surface area contributed by atoms with Crippen molar-refractivity contribution in [3.05, 3.63) is 124 Å². The predicted molar refractivity (Wildman–Crippen MR) is 299 cm³/mol. The van der Waals surface area contributed by atoms with Crippen LogP contribution < -0.4 is 30.7 Å². The highest BCUT2D eigenvalue weighted by Crippen LogP contribution is 2.36. The predicted octanol–water partition coefficient (Wildman–Crippen LogP) is 2.55. The molecule has 4 atom stereocenters. The largest absolute Gasteiger partial charge is 0.396 e. The first-order valence-corrected chi connectivity index (χ1v) is 28.2. The molecule has 424 valence electrons. The molecule has 13 rings (SSSR count). The molecule has 0 saturated carbocycles. The number of carbonyl (C=O) groups is 10. The normalized spacial score (nSPS) is 22.5. The van der Waals surface area contributed by atoms with Crippen LogP contribution in [0.3, 0.4) is 0 Å². The van der Waals surface area contributed by atoms with Gasteiger partial charge >= 0.3 is 0 Å². The van der Waals surface area contributed by atoms with Crippen LogP contribution in [-0.4, -0.2) is 157 Å². The Morgan fingerprint density at radius 3 is 1.28 bits per heavy atom. The molecule has 4 N–H and O–H groups in total. The van der Waals surface area contributed by atoms with E-state index in [1.807, 2.05) is 60.7 Å². The van der Waals surface area contributed by atoms with E-state index in [0.717, 1.165) is 72.8 Å². The third-order valence-electron chi connectivity index (χ3n) is 16.4. The zero-order chi connectivity index (χ0) is 57.8. The zero-order valence-corrected chi connectivity index (χ0v) is 45.9. The number of nitrogens with one attached hydrogen (secondary N) is 3. The maximum absolute atomic E-state index is 12.8. The van der Waals surface area contributed by atoms with Gasteiger partial charge in [0.2, 0.25) is 35.4 Å². The number of imide groups is 3. The number of piperidine rings is 3. The van der Waals surface area contributed by atoms with Crippen molar-refractivity contribution in [1.29, 1.82) is 0 Å². The lowest BCUT2D eigenvalue weighted by molar-refractivity contribution is -0.138. The number of ether oxygens (including phenoxy) is 1. The maximum atomic E-state index is 12.8. The molecule has 0 spiro atoms. The van der Waals surface area contributed by atoms with Gasteiger partial charge < -0.3 is 44.0 Å². The summed E-state index contributed by atoms with van der Waals surface area (Å²) in [5.41, 5.74) is 8.93. The summed E-state index contributed by atoms with van der Waals surface area (Å²) in [4.78, 5) is 130. The van der Waals surface area contributed by atoms with Crippen molar-refractivity contribution in [1.82, 2.24) is 30.7 Å². The summed E-state index contributed by atoms with van der Waals surface area (Å²) in [6, 6.07) is 25.7. The number of hydrogen-bond donors (Lipinski definition) is 4. The Bertz CT molecular complexity index is 3190. The minimum absolute atomic E-state index is 0.0832. The highest BCUT2D eigenvalue weighted by Gasteiger charge is 2.43. The van der Waals surface area contributed by atoms with Gasteiger partial charge in [-0.25, -0.2) is 0 Å². The van der Waals surface area contributed by atoms with Crippen LogP contribution in [0.2, 0.25) is 0 Å². The lowest BCUT2D eigenvalue weighted by Gasteiger charge is -2.41. The summed E-state index contributed by atoms with van der Waals surface area (Å²) in [5, 5.41) is 16.1. The van der Waals surface area contributed by atoms with Crippen LogP contribution in [0.25, 0.3) is 0 Å². The summed E-state index contributed by atoms with van der Waals surface area (Å²) < 4.78 is 12.0. The van der Waals surface area contributed by atoms with E-state index >= 15 is 0 Å². The Labute approximate surface area is 472 Å². The van der Waals surface area contributed by atoms with Crippen molar-refractivity contribution < 1.29 is 59.2 Å². The Kier molecular flexibility index (Phi) is 16.6. The van der Waals surface area contributed by atoms with Gasteiger partial charge in [-0.1, -0.05) is 37.0 Å². The zero-order valence-electron chi connectivity index (χ0n) is 45.8. The number of rotatable bonds is 12. The molecule has 9 heterocycles. The van der Waals surface area contributed by atoms with Gasteiger partial charge in [-0.2, -0.15) is 0 Å². The summed E-state index contributed by atoms with van der Waals surface area (Å²) in [7, 11) is 2.25. The van der Waals surface area contributed by atoms with Crippen LogP contribution in [0.1, 0.15) is 93.2 Å². The minimum atomic E-state index is -0.588. The molecule has 4 aromatic rings. The number of amides is 9. The first-order chi connectivity index (χ1) is 39.6. The summed E-state index contributed by atoms with van der Waals surface area (Å²) >= 11 is 0. The lowest BCUT2D eigenvalue weighted by atomic mass is 9.99. The Hall–Kier alpha value is -7.87. The van der Waals surface area contributed by atoms with Gasteiger partial charge in [-0.3, -0.25) is 59.1 Å². The van der Waals surface area contributed by atoms with E-state index < -0.39 is 24.0 Å². The molecule has 6 saturated heterocycles. The fourth-order valence-electron chi connectivity index (χ4n) is 11.8. The number of hydrogen-bond acceptors (Lipinski definition) is 15. The monoisotopic (exact) mass is 1120 g/mol. The highest BCUT2D eigenvalue weighted by atomic mass is 31.0.